The van der Waals surface area contributed by atoms with Crippen LogP contribution in [-0.4, -0.2) is 41.7 Å². The Hall–Kier alpha value is -0.870. The summed E-state index contributed by atoms with van der Waals surface area (Å²) in [5.41, 5.74) is 0. The molecule has 1 heterocycles. The molecule has 0 aromatic carbocycles. The van der Waals surface area contributed by atoms with Crippen LogP contribution < -0.4 is 0 Å². The van der Waals surface area contributed by atoms with E-state index < -0.39 is 0 Å². The zero-order valence-corrected chi connectivity index (χ0v) is 9.03. The molecular weight excluding hydrogens is 180 g/mol. The lowest BCUT2D eigenvalue weighted by atomic mass is 10.2. The summed E-state index contributed by atoms with van der Waals surface area (Å²) in [6.45, 7) is 2.66. The summed E-state index contributed by atoms with van der Waals surface area (Å²) in [7, 11) is 4.03. The second-order valence-corrected chi connectivity index (χ2v) is 3.83. The van der Waals surface area contributed by atoms with Crippen LogP contribution in [0.25, 0.3) is 0 Å². The number of hydrogen-bond acceptors (Lipinski definition) is 4. The monoisotopic (exact) mass is 198 g/mol. The molecule has 0 aliphatic carbocycles. The maximum atomic E-state index is 9.14. The minimum absolute atomic E-state index is 0.371. The summed E-state index contributed by atoms with van der Waals surface area (Å²) in [6, 6.07) is 0. The third-order valence-corrected chi connectivity index (χ3v) is 1.87. The first kappa shape index (κ1) is 11.2. The van der Waals surface area contributed by atoms with Gasteiger partial charge in [0.2, 0.25) is 0 Å². The van der Waals surface area contributed by atoms with Crippen molar-refractivity contribution in [2.24, 2.45) is 0 Å². The van der Waals surface area contributed by atoms with E-state index in [9.17, 15) is 0 Å². The Morgan fingerprint density at radius 2 is 2.29 bits per heavy atom. The summed E-state index contributed by atoms with van der Waals surface area (Å²) in [4.78, 5) is 6.22. The molecule has 0 aliphatic heterocycles. The highest BCUT2D eigenvalue weighted by molar-refractivity contribution is 4.95. The van der Waals surface area contributed by atoms with E-state index in [1.54, 1.807) is 13.1 Å². The average Bonchev–Trinajstić information content (AvgIpc) is 2.47. The summed E-state index contributed by atoms with van der Waals surface area (Å²) in [6.07, 6.45) is 2.67. The van der Waals surface area contributed by atoms with Crippen LogP contribution in [0.15, 0.2) is 10.6 Å². The topological polar surface area (TPSA) is 49.5 Å². The Morgan fingerprint density at radius 1 is 1.57 bits per heavy atom. The fourth-order valence-electron chi connectivity index (χ4n) is 1.17. The first-order valence-electron chi connectivity index (χ1n) is 4.84. The van der Waals surface area contributed by atoms with Crippen LogP contribution in [0, 0.1) is 0 Å². The number of likely N-dealkylation sites (N-methyl/N-ethyl adjacent to an activating group) is 1. The van der Waals surface area contributed by atoms with Crippen molar-refractivity contribution in [1.82, 2.24) is 9.88 Å². The normalized spacial score (nSPS) is 13.5. The largest absolute Gasteiger partial charge is 0.446 e. The van der Waals surface area contributed by atoms with Crippen molar-refractivity contribution in [2.45, 2.75) is 25.9 Å². The number of oxazole rings is 1. The highest BCUT2D eigenvalue weighted by atomic mass is 16.4. The SMILES string of the molecule is CC(O)Cc1cnc(CCN(C)C)o1. The highest BCUT2D eigenvalue weighted by Gasteiger charge is 2.06. The lowest BCUT2D eigenvalue weighted by Crippen LogP contribution is -2.15. The van der Waals surface area contributed by atoms with Crippen LogP contribution in [0.2, 0.25) is 0 Å². The van der Waals surface area contributed by atoms with Crippen molar-refractivity contribution in [2.75, 3.05) is 20.6 Å². The molecule has 1 N–H and O–H groups in total. The molecule has 0 amide bonds. The van der Waals surface area contributed by atoms with Crippen LogP contribution in [0.1, 0.15) is 18.6 Å². The van der Waals surface area contributed by atoms with Crippen molar-refractivity contribution in [3.63, 3.8) is 0 Å². The van der Waals surface area contributed by atoms with Gasteiger partial charge in [0.1, 0.15) is 5.76 Å². The van der Waals surface area contributed by atoms with E-state index in [1.807, 2.05) is 14.1 Å². The Bertz CT molecular complexity index is 269. The minimum atomic E-state index is -0.371. The number of aliphatic hydroxyl groups is 1. The van der Waals surface area contributed by atoms with Gasteiger partial charge in [-0.15, -0.1) is 0 Å². The van der Waals surface area contributed by atoms with Crippen LogP contribution in [0.5, 0.6) is 0 Å². The maximum absolute atomic E-state index is 9.14. The molecule has 14 heavy (non-hydrogen) atoms. The number of hydrogen-bond donors (Lipinski definition) is 1. The molecule has 0 fully saturated rings. The fraction of sp³-hybridized carbons (Fsp3) is 0.700. The summed E-state index contributed by atoms with van der Waals surface area (Å²) in [5, 5.41) is 9.14. The van der Waals surface area contributed by atoms with Gasteiger partial charge in [0.05, 0.1) is 12.3 Å². The fourth-order valence-corrected chi connectivity index (χ4v) is 1.17. The van der Waals surface area contributed by atoms with E-state index in [0.29, 0.717) is 6.42 Å². The van der Waals surface area contributed by atoms with Crippen molar-refractivity contribution in [1.29, 1.82) is 0 Å². The predicted molar refractivity (Wildman–Crippen MR) is 54.1 cm³/mol. The number of aliphatic hydroxyl groups excluding tert-OH is 1. The zero-order chi connectivity index (χ0) is 10.6. The first-order valence-corrected chi connectivity index (χ1v) is 4.84. The molecule has 0 bridgehead atoms. The van der Waals surface area contributed by atoms with Gasteiger partial charge in [0.25, 0.3) is 0 Å². The van der Waals surface area contributed by atoms with Crippen LogP contribution in [0.3, 0.4) is 0 Å². The van der Waals surface area contributed by atoms with Crippen LogP contribution in [0.4, 0.5) is 0 Å². The van der Waals surface area contributed by atoms with Crippen molar-refractivity contribution >= 4 is 0 Å². The van der Waals surface area contributed by atoms with Gasteiger partial charge in [-0.25, -0.2) is 4.98 Å². The third-order valence-electron chi connectivity index (χ3n) is 1.87. The maximum Gasteiger partial charge on any atom is 0.195 e. The Kier molecular flexibility index (Phi) is 4.10. The third kappa shape index (κ3) is 3.89. The number of aromatic nitrogens is 1. The standard InChI is InChI=1S/C10H18N2O2/c1-8(13)6-9-7-11-10(14-9)4-5-12(2)3/h7-8,13H,4-6H2,1-3H3. The van der Waals surface area contributed by atoms with Gasteiger partial charge >= 0.3 is 0 Å². The summed E-state index contributed by atoms with van der Waals surface area (Å²) < 4.78 is 5.45. The quantitative estimate of drug-likeness (QED) is 0.756. The highest BCUT2D eigenvalue weighted by Crippen LogP contribution is 2.07. The van der Waals surface area contributed by atoms with E-state index in [1.165, 1.54) is 0 Å². The molecule has 0 saturated carbocycles. The van der Waals surface area contributed by atoms with Crippen LogP contribution >= 0.6 is 0 Å². The molecule has 1 aromatic heterocycles. The molecule has 4 nitrogen and oxygen atoms in total. The summed E-state index contributed by atoms with van der Waals surface area (Å²) in [5.74, 6) is 1.50. The molecular formula is C10H18N2O2. The second-order valence-electron chi connectivity index (χ2n) is 3.83. The molecule has 1 atom stereocenters. The molecule has 80 valence electrons. The first-order chi connectivity index (χ1) is 6.58. The van der Waals surface area contributed by atoms with E-state index >= 15 is 0 Å². The smallest absolute Gasteiger partial charge is 0.195 e. The van der Waals surface area contributed by atoms with E-state index in [2.05, 4.69) is 9.88 Å². The van der Waals surface area contributed by atoms with Gasteiger partial charge in [-0.05, 0) is 21.0 Å². The van der Waals surface area contributed by atoms with E-state index in [0.717, 1.165) is 24.6 Å². The Labute approximate surface area is 84.6 Å². The Balaban J connectivity index is 2.42. The van der Waals surface area contributed by atoms with Gasteiger partial charge in [-0.3, -0.25) is 0 Å². The zero-order valence-electron chi connectivity index (χ0n) is 9.03. The van der Waals surface area contributed by atoms with Crippen molar-refractivity contribution in [3.8, 4) is 0 Å². The molecule has 1 aromatic rings. The molecule has 1 rings (SSSR count). The second kappa shape index (κ2) is 5.12. The lowest BCUT2D eigenvalue weighted by Gasteiger charge is -2.06. The minimum Gasteiger partial charge on any atom is -0.446 e. The molecule has 0 saturated heterocycles. The van der Waals surface area contributed by atoms with Gasteiger partial charge < -0.3 is 14.4 Å². The van der Waals surface area contributed by atoms with Gasteiger partial charge in [0, 0.05) is 19.4 Å². The van der Waals surface area contributed by atoms with Gasteiger partial charge in [-0.2, -0.15) is 0 Å². The molecule has 0 radical (unpaired) electrons. The van der Waals surface area contributed by atoms with E-state index in [4.69, 9.17) is 9.52 Å². The van der Waals surface area contributed by atoms with Gasteiger partial charge in [0.15, 0.2) is 5.89 Å². The molecule has 4 heteroatoms. The summed E-state index contributed by atoms with van der Waals surface area (Å²) >= 11 is 0. The number of rotatable bonds is 5. The average molecular weight is 198 g/mol. The Morgan fingerprint density at radius 3 is 2.86 bits per heavy atom. The van der Waals surface area contributed by atoms with Crippen molar-refractivity contribution in [3.05, 3.63) is 17.8 Å². The number of nitrogens with zero attached hydrogens (tertiary/aromatic N) is 2. The lowest BCUT2D eigenvalue weighted by molar-refractivity contribution is 0.186. The molecule has 0 aliphatic rings. The van der Waals surface area contributed by atoms with Gasteiger partial charge in [-0.1, -0.05) is 0 Å². The molecule has 0 spiro atoms. The molecule has 1 unspecified atom stereocenters. The van der Waals surface area contributed by atoms with Crippen LogP contribution in [-0.2, 0) is 12.8 Å². The predicted octanol–water partition coefficient (Wildman–Crippen LogP) is 0.702. The van der Waals surface area contributed by atoms with E-state index in [-0.39, 0.29) is 6.10 Å². The van der Waals surface area contributed by atoms with Crippen molar-refractivity contribution < 1.29 is 9.52 Å².